The molecule has 3 nitrogen and oxygen atoms in total. The number of ether oxygens (including phenoxy) is 1. The van der Waals surface area contributed by atoms with E-state index in [1.807, 2.05) is 39.1 Å². The first-order valence-electron chi connectivity index (χ1n) is 5.70. The van der Waals surface area contributed by atoms with Crippen molar-refractivity contribution in [3.8, 4) is 5.75 Å². The molecule has 1 N–H and O–H groups in total. The van der Waals surface area contributed by atoms with E-state index in [0.717, 1.165) is 17.9 Å². The number of para-hydroxylation sites is 1. The Kier molecular flexibility index (Phi) is 5.29. The summed E-state index contributed by atoms with van der Waals surface area (Å²) >= 11 is 0. The molecule has 1 unspecified atom stereocenters. The SMILES string of the molecule is CCOc1ccccc1CN(C)C(C)CO. The van der Waals surface area contributed by atoms with Gasteiger partial charge in [-0.15, -0.1) is 0 Å². The van der Waals surface area contributed by atoms with Crippen LogP contribution in [-0.4, -0.2) is 36.3 Å². The normalized spacial score (nSPS) is 12.8. The van der Waals surface area contributed by atoms with Gasteiger partial charge in [0.2, 0.25) is 0 Å². The van der Waals surface area contributed by atoms with Crippen LogP contribution in [0.25, 0.3) is 0 Å². The topological polar surface area (TPSA) is 32.7 Å². The average molecular weight is 223 g/mol. The Bertz CT molecular complexity index is 315. The Morgan fingerprint density at radius 2 is 2.06 bits per heavy atom. The molecule has 0 aromatic heterocycles. The predicted molar refractivity (Wildman–Crippen MR) is 65.6 cm³/mol. The van der Waals surface area contributed by atoms with Crippen molar-refractivity contribution in [3.63, 3.8) is 0 Å². The minimum Gasteiger partial charge on any atom is -0.494 e. The molecule has 0 fully saturated rings. The van der Waals surface area contributed by atoms with Gasteiger partial charge in [-0.3, -0.25) is 4.90 Å². The zero-order valence-corrected chi connectivity index (χ0v) is 10.3. The molecule has 0 saturated heterocycles. The zero-order valence-electron chi connectivity index (χ0n) is 10.3. The number of hydrogen-bond donors (Lipinski definition) is 1. The van der Waals surface area contributed by atoms with Gasteiger partial charge in [0.15, 0.2) is 0 Å². The first kappa shape index (κ1) is 13.0. The van der Waals surface area contributed by atoms with Gasteiger partial charge in [-0.2, -0.15) is 0 Å². The number of benzene rings is 1. The molecule has 1 rings (SSSR count). The molecule has 1 atom stereocenters. The van der Waals surface area contributed by atoms with Gasteiger partial charge >= 0.3 is 0 Å². The highest BCUT2D eigenvalue weighted by Crippen LogP contribution is 2.19. The first-order chi connectivity index (χ1) is 7.69. The zero-order chi connectivity index (χ0) is 12.0. The summed E-state index contributed by atoms with van der Waals surface area (Å²) in [6.07, 6.45) is 0. The lowest BCUT2D eigenvalue weighted by molar-refractivity contribution is 0.152. The Morgan fingerprint density at radius 1 is 1.38 bits per heavy atom. The van der Waals surface area contributed by atoms with Crippen LogP contribution in [0.4, 0.5) is 0 Å². The van der Waals surface area contributed by atoms with E-state index in [-0.39, 0.29) is 12.6 Å². The van der Waals surface area contributed by atoms with Crippen LogP contribution < -0.4 is 4.74 Å². The predicted octanol–water partition coefficient (Wildman–Crippen LogP) is 1.90. The minimum atomic E-state index is 0.162. The molecule has 0 bridgehead atoms. The van der Waals surface area contributed by atoms with Crippen molar-refractivity contribution < 1.29 is 9.84 Å². The van der Waals surface area contributed by atoms with Gasteiger partial charge in [0.05, 0.1) is 13.2 Å². The molecule has 0 saturated carbocycles. The van der Waals surface area contributed by atoms with Gasteiger partial charge in [-0.1, -0.05) is 18.2 Å². The van der Waals surface area contributed by atoms with Crippen molar-refractivity contribution in [1.29, 1.82) is 0 Å². The lowest BCUT2D eigenvalue weighted by Crippen LogP contribution is -2.31. The second-order valence-electron chi connectivity index (χ2n) is 3.99. The van der Waals surface area contributed by atoms with E-state index < -0.39 is 0 Å². The maximum absolute atomic E-state index is 9.08. The third-order valence-corrected chi connectivity index (χ3v) is 2.71. The number of likely N-dealkylation sites (N-methyl/N-ethyl adjacent to an activating group) is 1. The second kappa shape index (κ2) is 6.51. The average Bonchev–Trinajstić information content (AvgIpc) is 2.31. The van der Waals surface area contributed by atoms with Crippen LogP contribution in [0.2, 0.25) is 0 Å². The lowest BCUT2D eigenvalue weighted by atomic mass is 10.1. The summed E-state index contributed by atoms with van der Waals surface area (Å²) in [5.41, 5.74) is 1.16. The van der Waals surface area contributed by atoms with Crippen LogP contribution in [0, 0.1) is 0 Å². The summed E-state index contributed by atoms with van der Waals surface area (Å²) in [5, 5.41) is 9.08. The van der Waals surface area contributed by atoms with E-state index in [2.05, 4.69) is 11.0 Å². The summed E-state index contributed by atoms with van der Waals surface area (Å²) < 4.78 is 5.56. The van der Waals surface area contributed by atoms with Crippen molar-refractivity contribution in [1.82, 2.24) is 4.90 Å². The third-order valence-electron chi connectivity index (χ3n) is 2.71. The molecule has 0 aliphatic heterocycles. The van der Waals surface area contributed by atoms with Gasteiger partial charge in [0, 0.05) is 18.2 Å². The van der Waals surface area contributed by atoms with Gasteiger partial charge in [0.25, 0.3) is 0 Å². The van der Waals surface area contributed by atoms with E-state index >= 15 is 0 Å². The molecule has 0 aliphatic carbocycles. The van der Waals surface area contributed by atoms with Gasteiger partial charge in [-0.25, -0.2) is 0 Å². The number of aliphatic hydroxyl groups excluding tert-OH is 1. The van der Waals surface area contributed by atoms with Crippen molar-refractivity contribution >= 4 is 0 Å². The Hall–Kier alpha value is -1.06. The summed E-state index contributed by atoms with van der Waals surface area (Å²) in [5.74, 6) is 0.932. The number of aliphatic hydroxyl groups is 1. The van der Waals surface area contributed by atoms with Crippen molar-refractivity contribution in [2.45, 2.75) is 26.4 Å². The van der Waals surface area contributed by atoms with Crippen molar-refractivity contribution in [3.05, 3.63) is 29.8 Å². The summed E-state index contributed by atoms with van der Waals surface area (Å²) in [7, 11) is 2.00. The summed E-state index contributed by atoms with van der Waals surface area (Å²) in [4.78, 5) is 2.11. The monoisotopic (exact) mass is 223 g/mol. The fraction of sp³-hybridized carbons (Fsp3) is 0.538. The van der Waals surface area contributed by atoms with E-state index in [1.54, 1.807) is 0 Å². The van der Waals surface area contributed by atoms with E-state index in [0.29, 0.717) is 6.61 Å². The Balaban J connectivity index is 2.71. The Labute approximate surface area is 97.7 Å². The molecule has 0 heterocycles. The summed E-state index contributed by atoms with van der Waals surface area (Å²) in [6.45, 7) is 5.63. The molecule has 16 heavy (non-hydrogen) atoms. The maximum atomic E-state index is 9.08. The molecule has 1 aromatic carbocycles. The van der Waals surface area contributed by atoms with Crippen LogP contribution in [0.3, 0.4) is 0 Å². The van der Waals surface area contributed by atoms with Crippen LogP contribution in [-0.2, 0) is 6.54 Å². The number of rotatable bonds is 6. The second-order valence-corrected chi connectivity index (χ2v) is 3.99. The number of hydrogen-bond acceptors (Lipinski definition) is 3. The highest BCUT2D eigenvalue weighted by Gasteiger charge is 2.10. The quantitative estimate of drug-likeness (QED) is 0.799. The molecule has 3 heteroatoms. The maximum Gasteiger partial charge on any atom is 0.123 e. The molecule has 0 spiro atoms. The van der Waals surface area contributed by atoms with Crippen LogP contribution in [0.5, 0.6) is 5.75 Å². The molecule has 90 valence electrons. The summed E-state index contributed by atoms with van der Waals surface area (Å²) in [6, 6.07) is 8.19. The molecule has 0 radical (unpaired) electrons. The first-order valence-corrected chi connectivity index (χ1v) is 5.70. The van der Waals surface area contributed by atoms with E-state index in [1.165, 1.54) is 0 Å². The van der Waals surface area contributed by atoms with Gasteiger partial charge in [-0.05, 0) is 27.0 Å². The largest absolute Gasteiger partial charge is 0.494 e. The molecular formula is C13H21NO2. The van der Waals surface area contributed by atoms with Crippen LogP contribution in [0.1, 0.15) is 19.4 Å². The Morgan fingerprint density at radius 3 is 2.69 bits per heavy atom. The smallest absolute Gasteiger partial charge is 0.123 e. The highest BCUT2D eigenvalue weighted by molar-refractivity contribution is 5.33. The fourth-order valence-electron chi connectivity index (χ4n) is 1.49. The van der Waals surface area contributed by atoms with Crippen molar-refractivity contribution in [2.24, 2.45) is 0 Å². The van der Waals surface area contributed by atoms with Crippen LogP contribution >= 0.6 is 0 Å². The molecule has 0 amide bonds. The highest BCUT2D eigenvalue weighted by atomic mass is 16.5. The van der Waals surface area contributed by atoms with E-state index in [4.69, 9.17) is 9.84 Å². The fourth-order valence-corrected chi connectivity index (χ4v) is 1.49. The van der Waals surface area contributed by atoms with Crippen LogP contribution in [0.15, 0.2) is 24.3 Å². The molecule has 1 aromatic rings. The van der Waals surface area contributed by atoms with Gasteiger partial charge < -0.3 is 9.84 Å². The standard InChI is InChI=1S/C13H21NO2/c1-4-16-13-8-6-5-7-12(13)9-14(3)11(2)10-15/h5-8,11,15H,4,9-10H2,1-3H3. The lowest BCUT2D eigenvalue weighted by Gasteiger charge is -2.23. The van der Waals surface area contributed by atoms with E-state index in [9.17, 15) is 0 Å². The third kappa shape index (κ3) is 3.51. The van der Waals surface area contributed by atoms with Crippen molar-refractivity contribution in [2.75, 3.05) is 20.3 Å². The van der Waals surface area contributed by atoms with Gasteiger partial charge in [0.1, 0.15) is 5.75 Å². The number of nitrogens with zero attached hydrogens (tertiary/aromatic N) is 1. The molecule has 0 aliphatic rings. The minimum absolute atomic E-state index is 0.162. The molecular weight excluding hydrogens is 202 g/mol.